The van der Waals surface area contributed by atoms with Crippen LogP contribution in [0.3, 0.4) is 0 Å². The number of nitrogens with two attached hydrogens (primary N) is 1. The molecular weight excluding hydrogens is 268 g/mol. The quantitative estimate of drug-likeness (QED) is 0.719. The van der Waals surface area contributed by atoms with E-state index in [1.807, 2.05) is 0 Å². The zero-order valence-electron chi connectivity index (χ0n) is 11.2. The molecule has 0 aliphatic carbocycles. The maximum Gasteiger partial charge on any atom is 0.243 e. The van der Waals surface area contributed by atoms with Gasteiger partial charge in [0.15, 0.2) is 0 Å². The van der Waals surface area contributed by atoms with Gasteiger partial charge in [-0.25, -0.2) is 8.42 Å². The molecule has 0 heterocycles. The van der Waals surface area contributed by atoms with E-state index in [4.69, 9.17) is 15.6 Å². The number of methoxy groups -OCH3 is 1. The molecule has 0 unspecified atom stereocenters. The minimum absolute atomic E-state index is 0.0446. The summed E-state index contributed by atoms with van der Waals surface area (Å²) >= 11 is 0. The molecule has 1 rings (SSSR count). The molecule has 0 spiro atoms. The van der Waals surface area contributed by atoms with E-state index in [9.17, 15) is 8.42 Å². The van der Waals surface area contributed by atoms with E-state index in [0.29, 0.717) is 24.4 Å². The Morgan fingerprint density at radius 1 is 1.42 bits per heavy atom. The summed E-state index contributed by atoms with van der Waals surface area (Å²) in [7, 11) is -2.15. The first-order chi connectivity index (χ1) is 8.97. The van der Waals surface area contributed by atoms with Crippen molar-refractivity contribution in [2.45, 2.75) is 18.2 Å². The van der Waals surface area contributed by atoms with Gasteiger partial charge in [-0.1, -0.05) is 6.92 Å². The summed E-state index contributed by atoms with van der Waals surface area (Å²) < 4.78 is 31.1. The van der Waals surface area contributed by atoms with Gasteiger partial charge in [0.25, 0.3) is 0 Å². The van der Waals surface area contributed by atoms with Crippen molar-refractivity contribution >= 4 is 15.7 Å². The summed E-state index contributed by atoms with van der Waals surface area (Å²) in [5, 5.41) is 8.81. The topological polar surface area (TPSA) is 92.9 Å². The van der Waals surface area contributed by atoms with Gasteiger partial charge in [-0.2, -0.15) is 4.31 Å². The molecule has 0 saturated carbocycles. The molecule has 19 heavy (non-hydrogen) atoms. The Morgan fingerprint density at radius 2 is 2.11 bits per heavy atom. The van der Waals surface area contributed by atoms with Crippen LogP contribution in [0.1, 0.15) is 13.3 Å². The molecule has 0 amide bonds. The van der Waals surface area contributed by atoms with Crippen LogP contribution >= 0.6 is 0 Å². The molecule has 0 aliphatic heterocycles. The standard InChI is InChI=1S/C12H20N2O4S/c1-3-14(7-4-8-15)19(16,17)10-5-6-11(13)12(9-10)18-2/h5-6,9,15H,3-4,7-8,13H2,1-2H3. The summed E-state index contributed by atoms with van der Waals surface area (Å²) in [6, 6.07) is 4.37. The Hall–Kier alpha value is -1.31. The van der Waals surface area contributed by atoms with E-state index in [1.165, 1.54) is 29.6 Å². The fourth-order valence-corrected chi connectivity index (χ4v) is 3.20. The van der Waals surface area contributed by atoms with Gasteiger partial charge >= 0.3 is 0 Å². The van der Waals surface area contributed by atoms with Crippen molar-refractivity contribution in [3.63, 3.8) is 0 Å². The molecule has 1 aromatic rings. The maximum atomic E-state index is 12.4. The fourth-order valence-electron chi connectivity index (χ4n) is 1.70. The summed E-state index contributed by atoms with van der Waals surface area (Å²) in [6.45, 7) is 2.33. The first kappa shape index (κ1) is 15.7. The molecule has 0 aromatic heterocycles. The number of hydrogen-bond donors (Lipinski definition) is 2. The number of aliphatic hydroxyl groups is 1. The number of hydrogen-bond acceptors (Lipinski definition) is 5. The van der Waals surface area contributed by atoms with Crippen molar-refractivity contribution < 1.29 is 18.3 Å². The number of nitrogens with zero attached hydrogens (tertiary/aromatic N) is 1. The van der Waals surface area contributed by atoms with Gasteiger partial charge in [-0.05, 0) is 18.6 Å². The largest absolute Gasteiger partial charge is 0.495 e. The lowest BCUT2D eigenvalue weighted by atomic mass is 10.3. The first-order valence-electron chi connectivity index (χ1n) is 6.01. The SMILES string of the molecule is CCN(CCCO)S(=O)(=O)c1ccc(N)c(OC)c1. The van der Waals surface area contributed by atoms with Crippen LogP contribution in [0.2, 0.25) is 0 Å². The van der Waals surface area contributed by atoms with Crippen LogP contribution in [0, 0.1) is 0 Å². The zero-order chi connectivity index (χ0) is 14.5. The number of sulfonamides is 1. The van der Waals surface area contributed by atoms with Crippen molar-refractivity contribution in [2.24, 2.45) is 0 Å². The molecule has 3 N–H and O–H groups in total. The number of rotatable bonds is 7. The van der Waals surface area contributed by atoms with Gasteiger partial charge in [-0.3, -0.25) is 0 Å². The highest BCUT2D eigenvalue weighted by molar-refractivity contribution is 7.89. The molecule has 108 valence electrons. The van der Waals surface area contributed by atoms with Crippen LogP contribution < -0.4 is 10.5 Å². The van der Waals surface area contributed by atoms with Gasteiger partial charge in [0.1, 0.15) is 5.75 Å². The molecule has 0 radical (unpaired) electrons. The van der Waals surface area contributed by atoms with Gasteiger partial charge in [0.2, 0.25) is 10.0 Å². The van der Waals surface area contributed by atoms with Crippen LogP contribution in [0.4, 0.5) is 5.69 Å². The van der Waals surface area contributed by atoms with E-state index in [0.717, 1.165) is 0 Å². The van der Waals surface area contributed by atoms with Crippen molar-refractivity contribution in [3.8, 4) is 5.75 Å². The minimum Gasteiger partial charge on any atom is -0.495 e. The third-order valence-electron chi connectivity index (χ3n) is 2.76. The van der Waals surface area contributed by atoms with Crippen LogP contribution in [0.5, 0.6) is 5.75 Å². The number of benzene rings is 1. The van der Waals surface area contributed by atoms with Gasteiger partial charge < -0.3 is 15.6 Å². The second-order valence-corrected chi connectivity index (χ2v) is 5.92. The van der Waals surface area contributed by atoms with Crippen LogP contribution in [-0.4, -0.2) is 44.6 Å². The van der Waals surface area contributed by atoms with E-state index >= 15 is 0 Å². The van der Waals surface area contributed by atoms with Crippen molar-refractivity contribution in [1.82, 2.24) is 4.31 Å². The Labute approximate surface area is 113 Å². The summed E-state index contributed by atoms with van der Waals surface area (Å²) in [6.07, 6.45) is 0.402. The molecule has 7 heteroatoms. The predicted molar refractivity (Wildman–Crippen MR) is 73.5 cm³/mol. The van der Waals surface area contributed by atoms with Crippen molar-refractivity contribution in [3.05, 3.63) is 18.2 Å². The Bertz CT molecular complexity index is 516. The molecule has 6 nitrogen and oxygen atoms in total. The second kappa shape index (κ2) is 6.74. The third kappa shape index (κ3) is 3.59. The van der Waals surface area contributed by atoms with Crippen molar-refractivity contribution in [1.29, 1.82) is 0 Å². The lowest BCUT2D eigenvalue weighted by Gasteiger charge is -2.20. The number of anilines is 1. The number of aliphatic hydroxyl groups excluding tert-OH is 1. The zero-order valence-corrected chi connectivity index (χ0v) is 12.0. The molecule has 0 bridgehead atoms. The minimum atomic E-state index is -3.59. The monoisotopic (exact) mass is 288 g/mol. The van der Waals surface area contributed by atoms with Crippen LogP contribution in [0.15, 0.2) is 23.1 Å². The second-order valence-electron chi connectivity index (χ2n) is 3.98. The maximum absolute atomic E-state index is 12.4. The van der Waals surface area contributed by atoms with Gasteiger partial charge in [-0.15, -0.1) is 0 Å². The van der Waals surface area contributed by atoms with Gasteiger partial charge in [0.05, 0.1) is 17.7 Å². The fraction of sp³-hybridized carbons (Fsp3) is 0.500. The molecule has 0 atom stereocenters. The predicted octanol–water partition coefficient (Wildman–Crippen LogP) is 0.670. The summed E-state index contributed by atoms with van der Waals surface area (Å²) in [5.41, 5.74) is 6.05. The highest BCUT2D eigenvalue weighted by atomic mass is 32.2. The molecule has 0 saturated heterocycles. The van der Waals surface area contributed by atoms with Crippen LogP contribution in [0.25, 0.3) is 0 Å². The highest BCUT2D eigenvalue weighted by Crippen LogP contribution is 2.26. The average Bonchev–Trinajstić information content (AvgIpc) is 2.39. The van der Waals surface area contributed by atoms with Crippen LogP contribution in [-0.2, 0) is 10.0 Å². The molecular formula is C12H20N2O4S. The summed E-state index contributed by atoms with van der Waals surface area (Å²) in [5.74, 6) is 0.333. The third-order valence-corrected chi connectivity index (χ3v) is 4.73. The number of ether oxygens (including phenoxy) is 1. The number of nitrogen functional groups attached to an aromatic ring is 1. The van der Waals surface area contributed by atoms with Gasteiger partial charge in [0, 0.05) is 25.8 Å². The normalized spacial score (nSPS) is 11.8. The van der Waals surface area contributed by atoms with E-state index < -0.39 is 10.0 Å². The molecule has 1 aromatic carbocycles. The Morgan fingerprint density at radius 3 is 2.63 bits per heavy atom. The van der Waals surface area contributed by atoms with Crippen molar-refractivity contribution in [2.75, 3.05) is 32.5 Å². The molecule has 0 aliphatic rings. The lowest BCUT2D eigenvalue weighted by Crippen LogP contribution is -2.32. The first-order valence-corrected chi connectivity index (χ1v) is 7.45. The molecule has 0 fully saturated rings. The smallest absolute Gasteiger partial charge is 0.243 e. The average molecular weight is 288 g/mol. The Balaban J connectivity index is 3.11. The Kier molecular flexibility index (Phi) is 5.59. The van der Waals surface area contributed by atoms with E-state index in [2.05, 4.69) is 0 Å². The highest BCUT2D eigenvalue weighted by Gasteiger charge is 2.23. The van der Waals surface area contributed by atoms with E-state index in [-0.39, 0.29) is 18.0 Å². The van der Waals surface area contributed by atoms with E-state index in [1.54, 1.807) is 6.92 Å². The lowest BCUT2D eigenvalue weighted by molar-refractivity contribution is 0.271. The summed E-state index contributed by atoms with van der Waals surface area (Å²) in [4.78, 5) is 0.137.